The van der Waals surface area contributed by atoms with Crippen LogP contribution in [-0.2, 0) is 4.79 Å². The van der Waals surface area contributed by atoms with Crippen molar-refractivity contribution < 1.29 is 14.4 Å². The van der Waals surface area contributed by atoms with Crippen molar-refractivity contribution in [2.45, 2.75) is 39.3 Å². The molecule has 0 aromatic rings. The quantitative estimate of drug-likeness (QED) is 0.524. The van der Waals surface area contributed by atoms with Gasteiger partial charge in [-0.2, -0.15) is 0 Å². The molecule has 4 nitrogen and oxygen atoms in total. The van der Waals surface area contributed by atoms with E-state index in [1.165, 1.54) is 6.55 Å². The molecule has 0 aromatic carbocycles. The molecule has 0 aromatic heterocycles. The topological polar surface area (TPSA) is 60.8 Å². The molecule has 0 aliphatic rings. The maximum atomic E-state index is 11.7. The highest BCUT2D eigenvalue weighted by molar-refractivity contribution is 6.63. The molecule has 0 heterocycles. The molecule has 2 N–H and O–H groups in total. The fourth-order valence-corrected chi connectivity index (χ4v) is 2.29. The predicted octanol–water partition coefficient (Wildman–Crippen LogP) is 1.25. The summed E-state index contributed by atoms with van der Waals surface area (Å²) in [6.07, 6.45) is 1.53. The Morgan fingerprint density at radius 2 is 1.94 bits per heavy atom. The Hall–Kier alpha value is -0.653. The SMILES string of the molecule is C=C(C)C(=O)N(CCC)CCC[Si](C)(O)O. The summed E-state index contributed by atoms with van der Waals surface area (Å²) in [5, 5.41) is 0. The average molecular weight is 245 g/mol. The molecule has 0 spiro atoms. The van der Waals surface area contributed by atoms with E-state index < -0.39 is 8.56 Å². The third-order valence-electron chi connectivity index (χ3n) is 2.22. The minimum Gasteiger partial charge on any atom is -0.411 e. The number of amides is 1. The zero-order chi connectivity index (χ0) is 12.8. The second kappa shape index (κ2) is 6.83. The normalized spacial score (nSPS) is 11.3. The summed E-state index contributed by atoms with van der Waals surface area (Å²) < 4.78 is 0. The van der Waals surface area contributed by atoms with E-state index in [4.69, 9.17) is 0 Å². The summed E-state index contributed by atoms with van der Waals surface area (Å²) >= 11 is 0. The van der Waals surface area contributed by atoms with Gasteiger partial charge in [0.2, 0.25) is 5.91 Å². The summed E-state index contributed by atoms with van der Waals surface area (Å²) in [6.45, 7) is 10.1. The Bertz CT molecular complexity index is 248. The number of rotatable bonds is 7. The van der Waals surface area contributed by atoms with Crippen LogP contribution in [0.25, 0.3) is 0 Å². The van der Waals surface area contributed by atoms with Crippen LogP contribution in [0.15, 0.2) is 12.2 Å². The van der Waals surface area contributed by atoms with Crippen molar-refractivity contribution in [2.75, 3.05) is 13.1 Å². The molecule has 1 amide bonds. The summed E-state index contributed by atoms with van der Waals surface area (Å²) in [6, 6.07) is 0.399. The first-order valence-corrected chi connectivity index (χ1v) is 8.27. The fraction of sp³-hybridized carbons (Fsp3) is 0.727. The van der Waals surface area contributed by atoms with Crippen molar-refractivity contribution >= 4 is 14.5 Å². The van der Waals surface area contributed by atoms with Gasteiger partial charge in [0.15, 0.2) is 0 Å². The van der Waals surface area contributed by atoms with E-state index in [1.54, 1.807) is 11.8 Å². The summed E-state index contributed by atoms with van der Waals surface area (Å²) in [7, 11) is -2.97. The molecule has 0 atom stereocenters. The molecule has 0 aliphatic heterocycles. The van der Waals surface area contributed by atoms with Gasteiger partial charge in [0.25, 0.3) is 0 Å². The fourth-order valence-electron chi connectivity index (χ4n) is 1.46. The molecule has 0 radical (unpaired) electrons. The van der Waals surface area contributed by atoms with Gasteiger partial charge >= 0.3 is 8.56 Å². The molecule has 94 valence electrons. The number of hydrogen-bond acceptors (Lipinski definition) is 3. The van der Waals surface area contributed by atoms with Crippen LogP contribution in [0.1, 0.15) is 26.7 Å². The Kier molecular flexibility index (Phi) is 6.55. The molecule has 0 aliphatic carbocycles. The lowest BCUT2D eigenvalue weighted by Crippen LogP contribution is -2.35. The number of carbonyl (C=O) groups excluding carboxylic acids is 1. The lowest BCUT2D eigenvalue weighted by atomic mass is 10.2. The monoisotopic (exact) mass is 245 g/mol. The predicted molar refractivity (Wildman–Crippen MR) is 67.2 cm³/mol. The van der Waals surface area contributed by atoms with E-state index in [0.29, 0.717) is 31.1 Å². The first kappa shape index (κ1) is 15.3. The zero-order valence-electron chi connectivity index (χ0n) is 10.5. The van der Waals surface area contributed by atoms with Crippen molar-refractivity contribution in [1.82, 2.24) is 4.90 Å². The van der Waals surface area contributed by atoms with Gasteiger partial charge in [0.05, 0.1) is 0 Å². The Balaban J connectivity index is 4.14. The van der Waals surface area contributed by atoms with E-state index in [2.05, 4.69) is 6.58 Å². The van der Waals surface area contributed by atoms with E-state index >= 15 is 0 Å². The number of carbonyl (C=O) groups is 1. The van der Waals surface area contributed by atoms with Gasteiger partial charge < -0.3 is 14.5 Å². The van der Waals surface area contributed by atoms with Crippen LogP contribution in [0.4, 0.5) is 0 Å². The van der Waals surface area contributed by atoms with Crippen LogP contribution in [0.3, 0.4) is 0 Å². The van der Waals surface area contributed by atoms with E-state index in [0.717, 1.165) is 6.42 Å². The Labute approximate surface area is 98.8 Å². The highest BCUT2D eigenvalue weighted by atomic mass is 28.4. The van der Waals surface area contributed by atoms with Crippen molar-refractivity contribution in [1.29, 1.82) is 0 Å². The van der Waals surface area contributed by atoms with Gasteiger partial charge in [0, 0.05) is 18.7 Å². The summed E-state index contributed by atoms with van der Waals surface area (Å²) in [5.41, 5.74) is 0.529. The molecular weight excluding hydrogens is 222 g/mol. The van der Waals surface area contributed by atoms with Crippen LogP contribution in [0, 0.1) is 0 Å². The maximum absolute atomic E-state index is 11.7. The first-order valence-electron chi connectivity index (χ1n) is 5.67. The second-order valence-corrected chi connectivity index (χ2v) is 7.33. The molecule has 0 saturated heterocycles. The standard InChI is InChI=1S/C11H23NO3Si/c1-5-7-12(11(13)10(2)3)8-6-9-16(4,14)15/h14-15H,2,5-9H2,1,3-4H3. The molecule has 16 heavy (non-hydrogen) atoms. The minimum absolute atomic E-state index is 0.0406. The molecule has 5 heteroatoms. The third kappa shape index (κ3) is 6.76. The van der Waals surface area contributed by atoms with Crippen molar-refractivity contribution in [2.24, 2.45) is 0 Å². The highest BCUT2D eigenvalue weighted by Crippen LogP contribution is 2.08. The van der Waals surface area contributed by atoms with Gasteiger partial charge in [-0.15, -0.1) is 0 Å². The van der Waals surface area contributed by atoms with Crippen LogP contribution >= 0.6 is 0 Å². The van der Waals surface area contributed by atoms with Crippen LogP contribution in [-0.4, -0.2) is 42.0 Å². The average Bonchev–Trinajstić information content (AvgIpc) is 2.13. The smallest absolute Gasteiger partial charge is 0.329 e. The van der Waals surface area contributed by atoms with Gasteiger partial charge in [-0.25, -0.2) is 0 Å². The van der Waals surface area contributed by atoms with E-state index in [9.17, 15) is 14.4 Å². The van der Waals surface area contributed by atoms with Crippen LogP contribution < -0.4 is 0 Å². The van der Waals surface area contributed by atoms with Gasteiger partial charge in [-0.05, 0) is 32.4 Å². The highest BCUT2D eigenvalue weighted by Gasteiger charge is 2.21. The molecule has 0 bridgehead atoms. The van der Waals surface area contributed by atoms with Gasteiger partial charge in [0.1, 0.15) is 0 Å². The Morgan fingerprint density at radius 3 is 2.31 bits per heavy atom. The number of nitrogens with zero attached hydrogens (tertiary/aromatic N) is 1. The maximum Gasteiger partial charge on any atom is 0.329 e. The number of hydrogen-bond donors (Lipinski definition) is 2. The van der Waals surface area contributed by atoms with Gasteiger partial charge in [-0.1, -0.05) is 13.5 Å². The van der Waals surface area contributed by atoms with E-state index in [1.807, 2.05) is 6.92 Å². The van der Waals surface area contributed by atoms with Crippen molar-refractivity contribution in [3.63, 3.8) is 0 Å². The molecule has 0 rings (SSSR count). The summed E-state index contributed by atoms with van der Waals surface area (Å²) in [4.78, 5) is 32.0. The molecule has 0 saturated carbocycles. The largest absolute Gasteiger partial charge is 0.411 e. The second-order valence-electron chi connectivity index (χ2n) is 4.39. The Morgan fingerprint density at radius 1 is 1.38 bits per heavy atom. The first-order chi connectivity index (χ1) is 7.28. The molecule has 0 unspecified atom stereocenters. The van der Waals surface area contributed by atoms with Crippen molar-refractivity contribution in [3.05, 3.63) is 12.2 Å². The van der Waals surface area contributed by atoms with Crippen LogP contribution in [0.2, 0.25) is 12.6 Å². The third-order valence-corrected chi connectivity index (χ3v) is 3.53. The van der Waals surface area contributed by atoms with Crippen LogP contribution in [0.5, 0.6) is 0 Å². The summed E-state index contributed by atoms with van der Waals surface area (Å²) in [5.74, 6) is -0.0406. The molecule has 0 fully saturated rings. The lowest BCUT2D eigenvalue weighted by molar-refractivity contribution is -0.127. The zero-order valence-corrected chi connectivity index (χ0v) is 11.5. The van der Waals surface area contributed by atoms with E-state index in [-0.39, 0.29) is 5.91 Å². The minimum atomic E-state index is -2.97. The van der Waals surface area contributed by atoms with Gasteiger partial charge in [-0.3, -0.25) is 4.79 Å². The van der Waals surface area contributed by atoms with Crippen molar-refractivity contribution in [3.8, 4) is 0 Å². The lowest BCUT2D eigenvalue weighted by Gasteiger charge is -2.23. The molecular formula is C11H23NO3Si.